The molecule has 2 atom stereocenters. The molecular formula is C17H24N2O3S. The molecule has 1 saturated heterocycles. The molecule has 1 aliphatic rings. The molecule has 0 spiro atoms. The molecule has 1 aromatic carbocycles. The lowest BCUT2D eigenvalue weighted by molar-refractivity contribution is -0.120. The number of hydrogen-bond donors (Lipinski definition) is 2. The molecule has 1 aromatic rings. The number of ether oxygens (including phenoxy) is 1. The van der Waals surface area contributed by atoms with E-state index in [-0.39, 0.29) is 23.2 Å². The third kappa shape index (κ3) is 5.55. The fourth-order valence-electron chi connectivity index (χ4n) is 2.38. The highest BCUT2D eigenvalue weighted by atomic mass is 32.2. The van der Waals surface area contributed by atoms with E-state index in [4.69, 9.17) is 4.74 Å². The van der Waals surface area contributed by atoms with E-state index in [1.165, 1.54) is 11.8 Å². The summed E-state index contributed by atoms with van der Waals surface area (Å²) >= 11 is 1.51. The number of nitrogens with one attached hydrogen (secondary N) is 2. The predicted octanol–water partition coefficient (Wildman–Crippen LogP) is 1.96. The largest absolute Gasteiger partial charge is 0.376 e. The Bertz CT molecular complexity index is 544. The lowest BCUT2D eigenvalue weighted by atomic mass is 10.1. The van der Waals surface area contributed by atoms with Crippen molar-refractivity contribution in [1.82, 2.24) is 10.6 Å². The Morgan fingerprint density at radius 2 is 2.22 bits per heavy atom. The summed E-state index contributed by atoms with van der Waals surface area (Å²) in [6.07, 6.45) is 4.10. The number of thioether (sulfide) groups is 1. The maximum atomic E-state index is 12.2. The molecule has 0 radical (unpaired) electrons. The molecule has 1 heterocycles. The first-order valence-electron chi connectivity index (χ1n) is 7.89. The van der Waals surface area contributed by atoms with Crippen LogP contribution < -0.4 is 10.6 Å². The van der Waals surface area contributed by atoms with Gasteiger partial charge in [-0.1, -0.05) is 12.1 Å². The van der Waals surface area contributed by atoms with Crippen molar-refractivity contribution in [3.63, 3.8) is 0 Å². The van der Waals surface area contributed by atoms with Gasteiger partial charge in [-0.2, -0.15) is 11.8 Å². The van der Waals surface area contributed by atoms with Crippen LogP contribution in [0.5, 0.6) is 0 Å². The minimum absolute atomic E-state index is 0.00531. The summed E-state index contributed by atoms with van der Waals surface area (Å²) in [4.78, 5) is 24.0. The van der Waals surface area contributed by atoms with Crippen molar-refractivity contribution in [2.75, 3.05) is 19.4 Å². The first-order valence-corrected chi connectivity index (χ1v) is 9.18. The molecule has 1 fully saturated rings. The van der Waals surface area contributed by atoms with Gasteiger partial charge in [0.2, 0.25) is 5.91 Å². The first kappa shape index (κ1) is 17.8. The molecule has 0 bridgehead atoms. The van der Waals surface area contributed by atoms with Gasteiger partial charge in [-0.25, -0.2) is 0 Å². The van der Waals surface area contributed by atoms with Crippen LogP contribution in [0.25, 0.3) is 0 Å². The van der Waals surface area contributed by atoms with E-state index in [0.29, 0.717) is 18.7 Å². The van der Waals surface area contributed by atoms with Crippen LogP contribution in [0.3, 0.4) is 0 Å². The Labute approximate surface area is 141 Å². The molecular weight excluding hydrogens is 312 g/mol. The van der Waals surface area contributed by atoms with Gasteiger partial charge >= 0.3 is 0 Å². The fraction of sp³-hybridized carbons (Fsp3) is 0.529. The van der Waals surface area contributed by atoms with Crippen molar-refractivity contribution in [3.05, 3.63) is 35.4 Å². The lowest BCUT2D eigenvalue weighted by Crippen LogP contribution is -2.32. The summed E-state index contributed by atoms with van der Waals surface area (Å²) < 4.78 is 5.50. The van der Waals surface area contributed by atoms with Gasteiger partial charge in [0, 0.05) is 25.3 Å². The van der Waals surface area contributed by atoms with E-state index in [1.807, 2.05) is 31.4 Å². The topological polar surface area (TPSA) is 67.4 Å². The Kier molecular flexibility index (Phi) is 6.92. The molecule has 0 saturated carbocycles. The minimum atomic E-state index is -0.105. The van der Waals surface area contributed by atoms with Gasteiger partial charge < -0.3 is 15.4 Å². The van der Waals surface area contributed by atoms with E-state index in [1.54, 1.807) is 6.07 Å². The molecule has 0 aliphatic carbocycles. The smallest absolute Gasteiger partial charge is 0.251 e. The van der Waals surface area contributed by atoms with E-state index in [0.717, 1.165) is 25.0 Å². The maximum Gasteiger partial charge on any atom is 0.251 e. The second kappa shape index (κ2) is 8.93. The van der Waals surface area contributed by atoms with Crippen molar-refractivity contribution < 1.29 is 14.3 Å². The van der Waals surface area contributed by atoms with Gasteiger partial charge in [0.05, 0.1) is 11.4 Å². The Morgan fingerprint density at radius 3 is 2.91 bits per heavy atom. The number of rotatable bonds is 7. The highest BCUT2D eigenvalue weighted by Gasteiger charge is 2.17. The number of hydrogen-bond acceptors (Lipinski definition) is 4. The summed E-state index contributed by atoms with van der Waals surface area (Å²) in [6, 6.07) is 7.33. The Morgan fingerprint density at radius 1 is 1.39 bits per heavy atom. The van der Waals surface area contributed by atoms with Crippen molar-refractivity contribution in [3.8, 4) is 0 Å². The van der Waals surface area contributed by atoms with Crippen LogP contribution in [0, 0.1) is 0 Å². The molecule has 5 nitrogen and oxygen atoms in total. The van der Waals surface area contributed by atoms with Crippen LogP contribution >= 0.6 is 11.8 Å². The second-order valence-electron chi connectivity index (χ2n) is 5.64. The predicted molar refractivity (Wildman–Crippen MR) is 92.6 cm³/mol. The summed E-state index contributed by atoms with van der Waals surface area (Å²) in [5.74, 6) is -0.100. The van der Waals surface area contributed by atoms with Crippen LogP contribution in [0.15, 0.2) is 24.3 Å². The number of benzene rings is 1. The van der Waals surface area contributed by atoms with Gasteiger partial charge in [0.15, 0.2) is 0 Å². The molecule has 126 valence electrons. The molecule has 2 unspecified atom stereocenters. The maximum absolute atomic E-state index is 12.2. The highest BCUT2D eigenvalue weighted by molar-refractivity contribution is 7.99. The zero-order valence-electron chi connectivity index (χ0n) is 13.6. The van der Waals surface area contributed by atoms with Crippen molar-refractivity contribution >= 4 is 23.6 Å². The zero-order chi connectivity index (χ0) is 16.7. The van der Waals surface area contributed by atoms with Crippen LogP contribution in [0.2, 0.25) is 0 Å². The van der Waals surface area contributed by atoms with E-state index in [9.17, 15) is 9.59 Å². The third-order valence-electron chi connectivity index (χ3n) is 3.89. The van der Waals surface area contributed by atoms with Crippen molar-refractivity contribution in [2.24, 2.45) is 0 Å². The van der Waals surface area contributed by atoms with Gasteiger partial charge in [-0.15, -0.1) is 0 Å². The summed E-state index contributed by atoms with van der Waals surface area (Å²) in [6.45, 7) is 3.63. The lowest BCUT2D eigenvalue weighted by Gasteiger charge is -2.12. The van der Waals surface area contributed by atoms with Crippen molar-refractivity contribution in [1.29, 1.82) is 0 Å². The summed E-state index contributed by atoms with van der Waals surface area (Å²) in [5, 5.41) is 5.71. The molecule has 2 amide bonds. The van der Waals surface area contributed by atoms with Gasteiger partial charge in [0.1, 0.15) is 0 Å². The number of amides is 2. The molecule has 0 aromatic heterocycles. The van der Waals surface area contributed by atoms with Gasteiger partial charge in [-0.05, 0) is 43.7 Å². The van der Waals surface area contributed by atoms with E-state index in [2.05, 4.69) is 10.6 Å². The van der Waals surface area contributed by atoms with Crippen molar-refractivity contribution in [2.45, 2.75) is 37.7 Å². The minimum Gasteiger partial charge on any atom is -0.376 e. The Hall–Kier alpha value is -1.53. The van der Waals surface area contributed by atoms with E-state index < -0.39 is 0 Å². The molecule has 2 N–H and O–H groups in total. The zero-order valence-corrected chi connectivity index (χ0v) is 14.4. The average Bonchev–Trinajstić information content (AvgIpc) is 3.10. The molecule has 6 heteroatoms. The monoisotopic (exact) mass is 336 g/mol. The Balaban J connectivity index is 1.85. The number of carbonyl (C=O) groups is 2. The quantitative estimate of drug-likeness (QED) is 0.799. The third-order valence-corrected chi connectivity index (χ3v) is 4.81. The number of carbonyl (C=O) groups excluding carboxylic acids is 2. The van der Waals surface area contributed by atoms with Crippen LogP contribution in [-0.2, 0) is 16.1 Å². The van der Waals surface area contributed by atoms with Gasteiger partial charge in [-0.3, -0.25) is 9.59 Å². The molecule has 1 aliphatic heterocycles. The summed E-state index contributed by atoms with van der Waals surface area (Å²) in [5.41, 5.74) is 1.52. The van der Waals surface area contributed by atoms with E-state index >= 15 is 0 Å². The molecule has 23 heavy (non-hydrogen) atoms. The average molecular weight is 336 g/mol. The van der Waals surface area contributed by atoms with Crippen LogP contribution in [-0.4, -0.2) is 42.6 Å². The van der Waals surface area contributed by atoms with Crippen LogP contribution in [0.1, 0.15) is 35.7 Å². The SMILES string of the molecule is CSC(C)C(=O)NCc1cccc(C(=O)NCC2CCCO2)c1. The molecule has 2 rings (SSSR count). The second-order valence-corrected chi connectivity index (χ2v) is 6.82. The fourth-order valence-corrected chi connectivity index (χ4v) is 2.67. The van der Waals surface area contributed by atoms with Crippen LogP contribution in [0.4, 0.5) is 0 Å². The summed E-state index contributed by atoms with van der Waals surface area (Å²) in [7, 11) is 0. The van der Waals surface area contributed by atoms with Gasteiger partial charge in [0.25, 0.3) is 5.91 Å². The normalized spacial score (nSPS) is 18.4. The first-order chi connectivity index (χ1) is 11.1. The highest BCUT2D eigenvalue weighted by Crippen LogP contribution is 2.11. The standard InChI is InChI=1S/C17H24N2O3S/c1-12(23-2)16(20)18-10-13-5-3-6-14(9-13)17(21)19-11-15-7-4-8-22-15/h3,5-6,9,12,15H,4,7-8,10-11H2,1-2H3,(H,18,20)(H,19,21).